The van der Waals surface area contributed by atoms with Crippen LogP contribution in [0.2, 0.25) is 5.02 Å². The number of rotatable bonds is 3. The fraction of sp³-hybridized carbons (Fsp3) is 0. The normalized spacial score (nSPS) is 11.0. The Morgan fingerprint density at radius 2 is 1.76 bits per heavy atom. The number of anilines is 1. The number of hydrogen-bond acceptors (Lipinski definition) is 3. The van der Waals surface area contributed by atoms with Gasteiger partial charge in [0.2, 0.25) is 0 Å². The Hall–Kier alpha value is -2.17. The van der Waals surface area contributed by atoms with Gasteiger partial charge >= 0.3 is 0 Å². The summed E-state index contributed by atoms with van der Waals surface area (Å²) in [6, 6.07) is 8.24. The zero-order valence-electron chi connectivity index (χ0n) is 10.3. The first kappa shape index (κ1) is 15.2. The van der Waals surface area contributed by atoms with Gasteiger partial charge < -0.3 is 0 Å². The van der Waals surface area contributed by atoms with Crippen molar-refractivity contribution in [2.45, 2.75) is 4.90 Å². The monoisotopic (exact) mass is 328 g/mol. The number of benzene rings is 2. The summed E-state index contributed by atoms with van der Waals surface area (Å²) in [7, 11) is -4.46. The third-order valence-electron chi connectivity index (χ3n) is 2.53. The second-order valence-corrected chi connectivity index (χ2v) is 5.99. The van der Waals surface area contributed by atoms with E-state index in [1.807, 2.05) is 4.72 Å². The molecule has 0 unspecified atom stereocenters. The van der Waals surface area contributed by atoms with Gasteiger partial charge in [-0.2, -0.15) is 5.26 Å². The van der Waals surface area contributed by atoms with Crippen molar-refractivity contribution in [3.05, 3.63) is 58.6 Å². The summed E-state index contributed by atoms with van der Waals surface area (Å²) >= 11 is 5.72. The summed E-state index contributed by atoms with van der Waals surface area (Å²) in [6.45, 7) is 0. The highest BCUT2D eigenvalue weighted by Crippen LogP contribution is 2.24. The van der Waals surface area contributed by atoms with Crippen molar-refractivity contribution in [1.82, 2.24) is 0 Å². The van der Waals surface area contributed by atoms with E-state index in [4.69, 9.17) is 16.9 Å². The van der Waals surface area contributed by atoms with E-state index in [9.17, 15) is 17.2 Å². The van der Waals surface area contributed by atoms with Crippen LogP contribution in [-0.4, -0.2) is 8.42 Å². The number of nitriles is 1. The molecule has 21 heavy (non-hydrogen) atoms. The molecule has 0 fully saturated rings. The van der Waals surface area contributed by atoms with Gasteiger partial charge in [0.05, 0.1) is 16.3 Å². The second-order valence-electron chi connectivity index (χ2n) is 3.96. The molecule has 0 radical (unpaired) electrons. The number of hydrogen-bond donors (Lipinski definition) is 1. The van der Waals surface area contributed by atoms with E-state index < -0.39 is 26.6 Å². The van der Waals surface area contributed by atoms with E-state index >= 15 is 0 Å². The summed E-state index contributed by atoms with van der Waals surface area (Å²) in [4.78, 5) is -1.08. The zero-order chi connectivity index (χ0) is 15.6. The van der Waals surface area contributed by atoms with Crippen LogP contribution in [0.4, 0.5) is 14.5 Å². The molecular weight excluding hydrogens is 322 g/mol. The molecule has 0 aliphatic heterocycles. The largest absolute Gasteiger partial charge is 0.279 e. The Morgan fingerprint density at radius 1 is 1.14 bits per heavy atom. The van der Waals surface area contributed by atoms with Crippen LogP contribution in [0.25, 0.3) is 0 Å². The summed E-state index contributed by atoms with van der Waals surface area (Å²) in [5.74, 6) is -2.42. The highest BCUT2D eigenvalue weighted by molar-refractivity contribution is 7.92. The first-order valence-electron chi connectivity index (χ1n) is 5.51. The number of nitrogens with zero attached hydrogens (tertiary/aromatic N) is 1. The van der Waals surface area contributed by atoms with Gasteiger partial charge in [-0.05, 0) is 30.3 Å². The average molecular weight is 329 g/mol. The highest BCUT2D eigenvalue weighted by Gasteiger charge is 2.24. The Morgan fingerprint density at radius 3 is 2.33 bits per heavy atom. The fourth-order valence-electron chi connectivity index (χ4n) is 1.62. The minimum absolute atomic E-state index is 0.0291. The van der Waals surface area contributed by atoms with Crippen LogP contribution in [0.5, 0.6) is 0 Å². The highest BCUT2D eigenvalue weighted by atomic mass is 35.5. The molecule has 2 rings (SSSR count). The molecule has 1 N–H and O–H groups in total. The molecule has 2 aromatic carbocycles. The molecular formula is C13H7ClF2N2O2S. The Kier molecular flexibility index (Phi) is 4.11. The van der Waals surface area contributed by atoms with Crippen molar-refractivity contribution in [2.24, 2.45) is 0 Å². The molecule has 108 valence electrons. The van der Waals surface area contributed by atoms with E-state index in [-0.39, 0.29) is 16.3 Å². The van der Waals surface area contributed by atoms with Gasteiger partial charge in [0, 0.05) is 0 Å². The van der Waals surface area contributed by atoms with Gasteiger partial charge in [-0.25, -0.2) is 17.2 Å². The number of halogens is 3. The molecule has 4 nitrogen and oxygen atoms in total. The van der Waals surface area contributed by atoms with Crippen LogP contribution >= 0.6 is 11.6 Å². The zero-order valence-corrected chi connectivity index (χ0v) is 11.8. The molecule has 0 aliphatic carbocycles. The molecule has 0 bridgehead atoms. The molecule has 0 atom stereocenters. The third kappa shape index (κ3) is 3.12. The summed E-state index contributed by atoms with van der Waals surface area (Å²) in [5, 5.41) is 8.95. The van der Waals surface area contributed by atoms with Gasteiger partial charge in [0.25, 0.3) is 10.0 Å². The topological polar surface area (TPSA) is 70.0 Å². The lowest BCUT2D eigenvalue weighted by Gasteiger charge is -2.10. The summed E-state index contributed by atoms with van der Waals surface area (Å²) in [5.41, 5.74) is 0.00414. The lowest BCUT2D eigenvalue weighted by atomic mass is 10.2. The SMILES string of the molecule is N#Cc1cc(NS(=O)(=O)c2c(F)cccc2F)ccc1Cl. The Balaban J connectivity index is 2.46. The van der Waals surface area contributed by atoms with E-state index in [0.29, 0.717) is 0 Å². The predicted molar refractivity (Wildman–Crippen MR) is 73.3 cm³/mol. The van der Waals surface area contributed by atoms with Crippen molar-refractivity contribution < 1.29 is 17.2 Å². The van der Waals surface area contributed by atoms with Gasteiger partial charge in [-0.15, -0.1) is 0 Å². The maximum absolute atomic E-state index is 13.5. The smallest absolute Gasteiger partial charge is 0.267 e. The van der Waals surface area contributed by atoms with E-state index in [2.05, 4.69) is 0 Å². The summed E-state index contributed by atoms with van der Waals surface area (Å²) < 4.78 is 53.1. The molecule has 0 saturated carbocycles. The second kappa shape index (κ2) is 5.68. The molecule has 0 saturated heterocycles. The van der Waals surface area contributed by atoms with Crippen molar-refractivity contribution >= 4 is 27.3 Å². The van der Waals surface area contributed by atoms with E-state index in [0.717, 1.165) is 18.2 Å². The lowest BCUT2D eigenvalue weighted by molar-refractivity contribution is 0.521. The van der Waals surface area contributed by atoms with Crippen LogP contribution < -0.4 is 4.72 Å². The van der Waals surface area contributed by atoms with Gasteiger partial charge in [0.15, 0.2) is 4.90 Å². The molecule has 0 spiro atoms. The van der Waals surface area contributed by atoms with E-state index in [1.54, 1.807) is 6.07 Å². The molecule has 0 amide bonds. The molecule has 0 heterocycles. The predicted octanol–water partition coefficient (Wildman–Crippen LogP) is 3.29. The lowest BCUT2D eigenvalue weighted by Crippen LogP contribution is -2.16. The summed E-state index contributed by atoms with van der Waals surface area (Å²) in [6.07, 6.45) is 0. The maximum Gasteiger partial charge on any atom is 0.267 e. The third-order valence-corrected chi connectivity index (χ3v) is 4.29. The van der Waals surface area contributed by atoms with Gasteiger partial charge in [-0.1, -0.05) is 17.7 Å². The van der Waals surface area contributed by atoms with Crippen molar-refractivity contribution in [1.29, 1.82) is 5.26 Å². The van der Waals surface area contributed by atoms with Crippen molar-refractivity contribution in [2.75, 3.05) is 4.72 Å². The van der Waals surface area contributed by atoms with Crippen LogP contribution in [0, 0.1) is 23.0 Å². The minimum atomic E-state index is -4.46. The standard InChI is InChI=1S/C13H7ClF2N2O2S/c14-10-5-4-9(6-8(10)7-17)18-21(19,20)13-11(15)2-1-3-12(13)16/h1-6,18H. The Bertz CT molecular complexity index is 827. The quantitative estimate of drug-likeness (QED) is 0.939. The molecule has 0 aromatic heterocycles. The number of sulfonamides is 1. The van der Waals surface area contributed by atoms with Crippen molar-refractivity contribution in [3.63, 3.8) is 0 Å². The Labute approximate surface area is 124 Å². The van der Waals surface area contributed by atoms with Crippen LogP contribution in [-0.2, 0) is 10.0 Å². The number of nitrogens with one attached hydrogen (secondary N) is 1. The van der Waals surface area contributed by atoms with Gasteiger partial charge in [0.1, 0.15) is 17.7 Å². The minimum Gasteiger partial charge on any atom is -0.279 e. The van der Waals surface area contributed by atoms with Crippen molar-refractivity contribution in [3.8, 4) is 6.07 Å². The van der Waals surface area contributed by atoms with Crippen LogP contribution in [0.15, 0.2) is 41.3 Å². The molecule has 2 aromatic rings. The van der Waals surface area contributed by atoms with Crippen LogP contribution in [0.1, 0.15) is 5.56 Å². The van der Waals surface area contributed by atoms with Crippen LogP contribution in [0.3, 0.4) is 0 Å². The van der Waals surface area contributed by atoms with E-state index in [1.165, 1.54) is 18.2 Å². The van der Waals surface area contributed by atoms with Gasteiger partial charge in [-0.3, -0.25) is 4.72 Å². The first-order valence-corrected chi connectivity index (χ1v) is 7.38. The molecule has 0 aliphatic rings. The average Bonchev–Trinajstić information content (AvgIpc) is 2.40. The fourth-order valence-corrected chi connectivity index (χ4v) is 2.97. The molecule has 8 heteroatoms. The maximum atomic E-state index is 13.5. The first-order chi connectivity index (χ1) is 9.85.